The first-order valence-corrected chi connectivity index (χ1v) is 21.6. The van der Waals surface area contributed by atoms with Crippen LogP contribution in [0.1, 0.15) is 22.3 Å². The molecule has 4 atom stereocenters. The number of fused-ring (bicyclic) bond motifs is 2. The van der Waals surface area contributed by atoms with E-state index < -0.39 is 12.2 Å². The molecule has 4 aromatic heterocycles. The molecule has 0 aliphatic rings. The van der Waals surface area contributed by atoms with Crippen molar-refractivity contribution in [3.05, 3.63) is 116 Å². The summed E-state index contributed by atoms with van der Waals surface area (Å²) in [7, 11) is 0. The smallest absolute Gasteiger partial charge is 0.276 e. The van der Waals surface area contributed by atoms with Gasteiger partial charge in [-0.2, -0.15) is 23.5 Å². The fourth-order valence-electron chi connectivity index (χ4n) is 6.91. The zero-order valence-corrected chi connectivity index (χ0v) is 34.3. The first kappa shape index (κ1) is 44.4. The number of aromatic amines is 4. The van der Waals surface area contributed by atoms with Gasteiger partial charge in [0.1, 0.15) is 22.1 Å². The summed E-state index contributed by atoms with van der Waals surface area (Å²) in [5.74, 6) is 1.43. The summed E-state index contributed by atoms with van der Waals surface area (Å²) < 4.78 is 0. The molecule has 0 saturated carbocycles. The maximum atomic E-state index is 12.1. The summed E-state index contributed by atoms with van der Waals surface area (Å²) in [5.41, 5.74) is 16.7. The normalized spacial score (nSPS) is 13.8. The predicted octanol–water partition coefficient (Wildman–Crippen LogP) is 2.34. The van der Waals surface area contributed by atoms with Crippen molar-refractivity contribution in [2.45, 2.75) is 38.4 Å². The van der Waals surface area contributed by atoms with Crippen LogP contribution in [0.5, 0.6) is 0 Å². The molecule has 0 aliphatic heterocycles. The Bertz CT molecular complexity index is 2110. The zero-order chi connectivity index (χ0) is 41.6. The Morgan fingerprint density at radius 2 is 1.02 bits per heavy atom. The lowest BCUT2D eigenvalue weighted by atomic mass is 10.0. The molecule has 2 aromatic carbocycles. The number of thioether (sulfide) groups is 2. The Balaban J connectivity index is 0.000000221. The fraction of sp³-hybridized carbons (Fsp3) is 0.400. The van der Waals surface area contributed by atoms with Gasteiger partial charge in [-0.1, -0.05) is 60.7 Å². The Labute approximate surface area is 344 Å². The van der Waals surface area contributed by atoms with Crippen LogP contribution in [0, 0.1) is 11.8 Å². The number of rotatable bonds is 20. The van der Waals surface area contributed by atoms with Crippen LogP contribution >= 0.6 is 23.5 Å². The lowest BCUT2D eigenvalue weighted by Gasteiger charge is -2.29. The van der Waals surface area contributed by atoms with Crippen LogP contribution in [-0.4, -0.2) is 123 Å². The van der Waals surface area contributed by atoms with Crippen LogP contribution in [-0.2, 0) is 26.2 Å². The first-order chi connectivity index (χ1) is 28.0. The van der Waals surface area contributed by atoms with Crippen LogP contribution in [0.4, 0.5) is 11.9 Å². The van der Waals surface area contributed by atoms with Gasteiger partial charge in [0.05, 0.1) is 25.4 Å². The Morgan fingerprint density at radius 1 is 0.638 bits per heavy atom. The van der Waals surface area contributed by atoms with Crippen molar-refractivity contribution in [1.29, 1.82) is 0 Å². The van der Waals surface area contributed by atoms with Crippen LogP contribution in [0.2, 0.25) is 0 Å². The van der Waals surface area contributed by atoms with Gasteiger partial charge in [0.25, 0.3) is 11.1 Å². The highest BCUT2D eigenvalue weighted by Crippen LogP contribution is 2.22. The van der Waals surface area contributed by atoms with Gasteiger partial charge in [-0.3, -0.25) is 29.4 Å². The summed E-state index contributed by atoms with van der Waals surface area (Å²) in [4.78, 5) is 48.1. The summed E-state index contributed by atoms with van der Waals surface area (Å²) in [6, 6.07) is 20.1. The van der Waals surface area contributed by atoms with Gasteiger partial charge in [-0.15, -0.1) is 0 Å². The Morgan fingerprint density at radius 3 is 1.36 bits per heavy atom. The zero-order valence-electron chi connectivity index (χ0n) is 32.7. The van der Waals surface area contributed by atoms with Crippen LogP contribution in [0.3, 0.4) is 0 Å². The summed E-state index contributed by atoms with van der Waals surface area (Å²) in [6.07, 6.45) is 5.93. The lowest BCUT2D eigenvalue weighted by molar-refractivity contribution is 0.0374. The highest BCUT2D eigenvalue weighted by molar-refractivity contribution is 7.98. The van der Waals surface area contributed by atoms with Gasteiger partial charge in [0.2, 0.25) is 11.9 Å². The number of nitrogen functional groups attached to an aromatic ring is 2. The highest BCUT2D eigenvalue weighted by Gasteiger charge is 2.25. The van der Waals surface area contributed by atoms with E-state index in [1.54, 1.807) is 35.9 Å². The molecule has 0 amide bonds. The Hall–Kier alpha value is -4.66. The van der Waals surface area contributed by atoms with E-state index in [1.165, 1.54) is 0 Å². The number of nitrogens with zero attached hydrogens (tertiary/aromatic N) is 4. The molecule has 0 saturated heterocycles. The third kappa shape index (κ3) is 12.2. The molecular weight excluding hydrogens is 781 g/mol. The Kier molecular flexibility index (Phi) is 16.8. The third-order valence-electron chi connectivity index (χ3n) is 9.76. The molecule has 0 bridgehead atoms. The average molecular weight is 835 g/mol. The third-order valence-corrected chi connectivity index (χ3v) is 11.3. The molecule has 12 N–H and O–H groups in total. The van der Waals surface area contributed by atoms with E-state index in [-0.39, 0.29) is 48.1 Å². The molecule has 6 aromatic rings. The molecule has 0 unspecified atom stereocenters. The minimum absolute atomic E-state index is 0.0777. The molecule has 0 aliphatic carbocycles. The second-order valence-corrected chi connectivity index (χ2v) is 16.0. The second kappa shape index (κ2) is 21.9. The largest absolute Gasteiger partial charge is 0.394 e. The molecule has 16 nitrogen and oxygen atoms in total. The molecule has 0 spiro atoms. The number of aromatic nitrogens is 6. The maximum absolute atomic E-state index is 12.1. The fourth-order valence-corrected chi connectivity index (χ4v) is 8.42. The van der Waals surface area contributed by atoms with Gasteiger partial charge in [-0.25, -0.2) is 9.97 Å². The highest BCUT2D eigenvalue weighted by atomic mass is 32.2. The van der Waals surface area contributed by atoms with Crippen molar-refractivity contribution in [3.63, 3.8) is 0 Å². The number of nitrogens with one attached hydrogen (secondary N) is 4. The van der Waals surface area contributed by atoms with Crippen LogP contribution < -0.4 is 22.6 Å². The van der Waals surface area contributed by atoms with Crippen molar-refractivity contribution < 1.29 is 20.4 Å². The van der Waals surface area contributed by atoms with Crippen molar-refractivity contribution in [2.75, 3.05) is 61.8 Å². The van der Waals surface area contributed by atoms with Gasteiger partial charge < -0.3 is 41.9 Å². The molecule has 58 heavy (non-hydrogen) atoms. The molecule has 4 heterocycles. The number of anilines is 2. The van der Waals surface area contributed by atoms with Crippen molar-refractivity contribution in [1.82, 2.24) is 39.7 Å². The van der Waals surface area contributed by atoms with E-state index in [2.05, 4.69) is 64.0 Å². The van der Waals surface area contributed by atoms with Gasteiger partial charge in [0.15, 0.2) is 0 Å². The predicted molar refractivity (Wildman–Crippen MR) is 233 cm³/mol. The summed E-state index contributed by atoms with van der Waals surface area (Å²) in [5, 5.41) is 39.4. The lowest BCUT2D eigenvalue weighted by Crippen LogP contribution is -2.37. The molecule has 0 fully saturated rings. The molecule has 312 valence electrons. The van der Waals surface area contributed by atoms with E-state index in [4.69, 9.17) is 11.5 Å². The van der Waals surface area contributed by atoms with E-state index in [0.717, 1.165) is 33.8 Å². The van der Waals surface area contributed by atoms with E-state index in [0.29, 0.717) is 61.3 Å². The maximum Gasteiger partial charge on any atom is 0.276 e. The summed E-state index contributed by atoms with van der Waals surface area (Å²) >= 11 is 3.28. The van der Waals surface area contributed by atoms with Crippen LogP contribution in [0.25, 0.3) is 22.1 Å². The average Bonchev–Trinajstić information content (AvgIpc) is 3.81. The van der Waals surface area contributed by atoms with Gasteiger partial charge in [-0.05, 0) is 35.1 Å². The van der Waals surface area contributed by atoms with Gasteiger partial charge >= 0.3 is 0 Å². The minimum Gasteiger partial charge on any atom is -0.394 e. The molecule has 6 rings (SSSR count). The van der Waals surface area contributed by atoms with E-state index in [9.17, 15) is 30.0 Å². The van der Waals surface area contributed by atoms with E-state index >= 15 is 0 Å². The van der Waals surface area contributed by atoms with Crippen molar-refractivity contribution in [2.24, 2.45) is 11.8 Å². The number of aliphatic hydroxyl groups excluding tert-OH is 4. The second-order valence-electron chi connectivity index (χ2n) is 14.2. The SMILES string of the molecule is CSC[C@@H](CN(Cc1ccccc1)Cc1c[nH]c2c(=O)[nH]c(N)nc12)[C@H](O)CO.CSC[C@H](CN(Cc1ccccc1)Cc1c[nH]c2c(=O)[nH]c(N)nc12)[C@@H](O)CO. The summed E-state index contributed by atoms with van der Waals surface area (Å²) in [6.45, 7) is 2.99. The first-order valence-electron chi connectivity index (χ1n) is 18.8. The minimum atomic E-state index is -0.791. The van der Waals surface area contributed by atoms with Crippen LogP contribution in [0.15, 0.2) is 82.6 Å². The monoisotopic (exact) mass is 834 g/mol. The number of hydrogen-bond acceptors (Lipinski definition) is 14. The topological polar surface area (TPSA) is 263 Å². The van der Waals surface area contributed by atoms with E-state index in [1.807, 2.05) is 48.9 Å². The van der Waals surface area contributed by atoms with Crippen molar-refractivity contribution >= 4 is 57.5 Å². The molecular formula is C40H54N10O6S2. The van der Waals surface area contributed by atoms with Gasteiger partial charge in [0, 0.05) is 74.6 Å². The number of aliphatic hydroxyl groups is 4. The number of benzene rings is 2. The number of hydrogen-bond donors (Lipinski definition) is 10. The van der Waals surface area contributed by atoms with Crippen molar-refractivity contribution in [3.8, 4) is 0 Å². The standard InChI is InChI=1S/2C20H27N5O3S/c2*1-29-12-15(16(27)11-26)10-25(8-13-5-3-2-4-6-13)9-14-7-22-18-17(14)23-20(21)24-19(18)28/h2*2-7,15-16,22,26-27H,8-12H2,1H3,(H3,21,23,24,28)/t2*15-,16-/m10/s1. The quantitative estimate of drug-likeness (QED) is 0.0530. The molecule has 0 radical (unpaired) electrons. The number of nitrogens with two attached hydrogens (primary N) is 2. The molecule has 18 heteroatoms. The number of H-pyrrole nitrogens is 4.